The second kappa shape index (κ2) is 5.40. The Labute approximate surface area is 114 Å². The van der Waals surface area contributed by atoms with E-state index >= 15 is 0 Å². The number of benzene rings is 2. The number of carbonyl (C=O) groups is 3. The number of hydrogen-bond donors (Lipinski definition) is 3. The van der Waals surface area contributed by atoms with Crippen LogP contribution in [-0.2, 0) is 9.59 Å². The Morgan fingerprint density at radius 2 is 1.50 bits per heavy atom. The van der Waals surface area contributed by atoms with Gasteiger partial charge in [-0.2, -0.15) is 0 Å². The number of carbonyl (C=O) groups excluding carboxylic acids is 3. The Hall–Kier alpha value is -2.89. The standard InChI is InChI=1S/C14H13N3O3/c15-12(18)11(13(16)19)17-14(20)10-6-5-8-3-1-2-4-9(8)7-10/h1-7,11H,(H2,15,18)(H2,16,19)(H,17,20). The molecule has 0 atom stereocenters. The van der Waals surface area contributed by atoms with Gasteiger partial charge in [-0.05, 0) is 22.9 Å². The van der Waals surface area contributed by atoms with Crippen LogP contribution in [0.5, 0.6) is 0 Å². The molecule has 0 saturated heterocycles. The number of nitrogens with one attached hydrogen (secondary N) is 1. The normalized spacial score (nSPS) is 10.4. The minimum atomic E-state index is -1.52. The molecule has 3 amide bonds. The number of amides is 3. The van der Waals surface area contributed by atoms with Crippen LogP contribution < -0.4 is 16.8 Å². The molecule has 0 aromatic heterocycles. The summed E-state index contributed by atoms with van der Waals surface area (Å²) < 4.78 is 0. The van der Waals surface area contributed by atoms with Crippen LogP contribution in [-0.4, -0.2) is 23.8 Å². The highest BCUT2D eigenvalue weighted by molar-refractivity contribution is 6.08. The van der Waals surface area contributed by atoms with E-state index in [9.17, 15) is 14.4 Å². The van der Waals surface area contributed by atoms with Crippen LogP contribution in [0.2, 0.25) is 0 Å². The van der Waals surface area contributed by atoms with Crippen LogP contribution in [0.4, 0.5) is 0 Å². The molecule has 0 bridgehead atoms. The third-order valence-corrected chi connectivity index (χ3v) is 2.86. The maximum absolute atomic E-state index is 12.0. The van der Waals surface area contributed by atoms with Gasteiger partial charge in [0.1, 0.15) is 0 Å². The van der Waals surface area contributed by atoms with Crippen molar-refractivity contribution in [2.45, 2.75) is 6.04 Å². The Kier molecular flexibility index (Phi) is 3.65. The number of primary amides is 2. The van der Waals surface area contributed by atoms with Gasteiger partial charge >= 0.3 is 0 Å². The maximum atomic E-state index is 12.0. The maximum Gasteiger partial charge on any atom is 0.252 e. The lowest BCUT2D eigenvalue weighted by Gasteiger charge is -2.12. The molecule has 0 saturated carbocycles. The van der Waals surface area contributed by atoms with Crippen molar-refractivity contribution in [1.29, 1.82) is 0 Å². The second-order valence-electron chi connectivity index (χ2n) is 4.27. The van der Waals surface area contributed by atoms with E-state index in [2.05, 4.69) is 5.32 Å². The summed E-state index contributed by atoms with van der Waals surface area (Å²) >= 11 is 0. The summed E-state index contributed by atoms with van der Waals surface area (Å²) in [5.41, 5.74) is 10.3. The molecule has 0 aliphatic rings. The molecule has 0 fully saturated rings. The van der Waals surface area contributed by atoms with Gasteiger partial charge in [0.25, 0.3) is 5.91 Å². The number of fused-ring (bicyclic) bond motifs is 1. The molecule has 0 aliphatic heterocycles. The zero-order valence-electron chi connectivity index (χ0n) is 10.5. The predicted octanol–water partition coefficient (Wildman–Crippen LogP) is -0.0912. The van der Waals surface area contributed by atoms with Crippen LogP contribution in [0.3, 0.4) is 0 Å². The van der Waals surface area contributed by atoms with Gasteiger partial charge in [0.2, 0.25) is 11.8 Å². The summed E-state index contributed by atoms with van der Waals surface area (Å²) in [6.45, 7) is 0. The first-order valence-corrected chi connectivity index (χ1v) is 5.87. The quantitative estimate of drug-likeness (QED) is 0.675. The first kappa shape index (κ1) is 13.5. The van der Waals surface area contributed by atoms with Gasteiger partial charge in [-0.15, -0.1) is 0 Å². The van der Waals surface area contributed by atoms with Gasteiger partial charge in [-0.3, -0.25) is 14.4 Å². The zero-order chi connectivity index (χ0) is 14.7. The van der Waals surface area contributed by atoms with Crippen molar-refractivity contribution < 1.29 is 14.4 Å². The van der Waals surface area contributed by atoms with Crippen molar-refractivity contribution in [3.63, 3.8) is 0 Å². The largest absolute Gasteiger partial charge is 0.367 e. The Morgan fingerprint density at radius 3 is 2.10 bits per heavy atom. The Balaban J connectivity index is 2.27. The highest BCUT2D eigenvalue weighted by Gasteiger charge is 2.24. The fourth-order valence-electron chi connectivity index (χ4n) is 1.83. The van der Waals surface area contributed by atoms with Crippen LogP contribution in [0, 0.1) is 0 Å². The van der Waals surface area contributed by atoms with Crippen LogP contribution in [0.25, 0.3) is 10.8 Å². The summed E-state index contributed by atoms with van der Waals surface area (Å²) in [7, 11) is 0. The molecule has 0 unspecified atom stereocenters. The predicted molar refractivity (Wildman–Crippen MR) is 73.6 cm³/mol. The molecule has 0 radical (unpaired) electrons. The van der Waals surface area contributed by atoms with Crippen molar-refractivity contribution in [3.8, 4) is 0 Å². The van der Waals surface area contributed by atoms with E-state index in [1.807, 2.05) is 24.3 Å². The van der Waals surface area contributed by atoms with Crippen LogP contribution in [0.1, 0.15) is 10.4 Å². The molecule has 6 nitrogen and oxygen atoms in total. The summed E-state index contributed by atoms with van der Waals surface area (Å²) in [6.07, 6.45) is 0. The van der Waals surface area contributed by atoms with E-state index in [0.717, 1.165) is 10.8 Å². The van der Waals surface area contributed by atoms with E-state index in [0.29, 0.717) is 5.56 Å². The average molecular weight is 271 g/mol. The molecule has 6 heteroatoms. The summed E-state index contributed by atoms with van der Waals surface area (Å²) in [6, 6.07) is 11.0. The van der Waals surface area contributed by atoms with E-state index in [1.165, 1.54) is 0 Å². The van der Waals surface area contributed by atoms with E-state index < -0.39 is 23.8 Å². The smallest absolute Gasteiger partial charge is 0.252 e. The summed E-state index contributed by atoms with van der Waals surface area (Å²) in [4.78, 5) is 34.0. The second-order valence-corrected chi connectivity index (χ2v) is 4.27. The van der Waals surface area contributed by atoms with E-state index in [-0.39, 0.29) is 0 Å². The molecule has 0 heterocycles. The van der Waals surface area contributed by atoms with E-state index in [1.54, 1.807) is 18.2 Å². The molecular formula is C14H13N3O3. The number of hydrogen-bond acceptors (Lipinski definition) is 3. The van der Waals surface area contributed by atoms with Gasteiger partial charge in [0.05, 0.1) is 0 Å². The molecule has 20 heavy (non-hydrogen) atoms. The van der Waals surface area contributed by atoms with Gasteiger partial charge in [-0.25, -0.2) is 0 Å². The monoisotopic (exact) mass is 271 g/mol. The SMILES string of the molecule is NC(=O)C(NC(=O)c1ccc2ccccc2c1)C(N)=O. The fraction of sp³-hybridized carbons (Fsp3) is 0.0714. The van der Waals surface area contributed by atoms with Crippen molar-refractivity contribution in [3.05, 3.63) is 48.0 Å². The van der Waals surface area contributed by atoms with Crippen molar-refractivity contribution in [2.24, 2.45) is 11.5 Å². The first-order chi connectivity index (χ1) is 9.49. The minimum absolute atomic E-state index is 0.316. The molecular weight excluding hydrogens is 258 g/mol. The van der Waals surface area contributed by atoms with E-state index in [4.69, 9.17) is 11.5 Å². The lowest BCUT2D eigenvalue weighted by molar-refractivity contribution is -0.128. The van der Waals surface area contributed by atoms with Gasteiger partial charge in [0, 0.05) is 5.56 Å². The van der Waals surface area contributed by atoms with Crippen LogP contribution in [0.15, 0.2) is 42.5 Å². The van der Waals surface area contributed by atoms with Crippen molar-refractivity contribution in [1.82, 2.24) is 5.32 Å². The first-order valence-electron chi connectivity index (χ1n) is 5.87. The Morgan fingerprint density at radius 1 is 0.900 bits per heavy atom. The molecule has 2 rings (SSSR count). The molecule has 102 valence electrons. The van der Waals surface area contributed by atoms with Gasteiger partial charge < -0.3 is 16.8 Å². The zero-order valence-corrected chi connectivity index (χ0v) is 10.5. The topological polar surface area (TPSA) is 115 Å². The van der Waals surface area contributed by atoms with Crippen molar-refractivity contribution in [2.75, 3.05) is 0 Å². The third-order valence-electron chi connectivity index (χ3n) is 2.86. The van der Waals surface area contributed by atoms with Gasteiger partial charge in [0.15, 0.2) is 6.04 Å². The Bertz CT molecular complexity index is 683. The summed E-state index contributed by atoms with van der Waals surface area (Å²) in [5.74, 6) is -2.57. The lowest BCUT2D eigenvalue weighted by Crippen LogP contribution is -2.52. The fourth-order valence-corrected chi connectivity index (χ4v) is 1.83. The highest BCUT2D eigenvalue weighted by atomic mass is 16.2. The number of rotatable bonds is 4. The molecule has 2 aromatic rings. The number of nitrogens with two attached hydrogens (primary N) is 2. The molecule has 0 spiro atoms. The lowest BCUT2D eigenvalue weighted by atomic mass is 10.1. The third kappa shape index (κ3) is 2.74. The molecule has 0 aliphatic carbocycles. The average Bonchev–Trinajstić information content (AvgIpc) is 2.43. The molecule has 5 N–H and O–H groups in total. The van der Waals surface area contributed by atoms with Crippen LogP contribution >= 0.6 is 0 Å². The highest BCUT2D eigenvalue weighted by Crippen LogP contribution is 2.15. The molecule has 2 aromatic carbocycles. The van der Waals surface area contributed by atoms with Gasteiger partial charge in [-0.1, -0.05) is 30.3 Å². The minimum Gasteiger partial charge on any atom is -0.367 e. The van der Waals surface area contributed by atoms with Crippen molar-refractivity contribution >= 4 is 28.5 Å². The summed E-state index contributed by atoms with van der Waals surface area (Å²) in [5, 5.41) is 4.06.